The zero-order chi connectivity index (χ0) is 8.93. The van der Waals surface area contributed by atoms with Crippen LogP contribution in [-0.2, 0) is 4.79 Å². The number of carbonyl (C=O) groups excluding carboxylic acids is 1. The highest BCUT2D eigenvalue weighted by molar-refractivity contribution is 6.64. The lowest BCUT2D eigenvalue weighted by Gasteiger charge is -2.59. The van der Waals surface area contributed by atoms with Gasteiger partial charge >= 0.3 is 0 Å². The molecule has 3 aliphatic carbocycles. The van der Waals surface area contributed by atoms with Gasteiger partial charge in [-0.25, -0.2) is 0 Å². The first kappa shape index (κ1) is 8.55. The van der Waals surface area contributed by atoms with Gasteiger partial charge in [-0.2, -0.15) is 0 Å². The molecule has 68 valence electrons. The third-order valence-electron chi connectivity index (χ3n) is 4.15. The highest BCUT2D eigenvalue weighted by atomic mass is 35.5. The molecule has 3 aliphatic rings. The maximum atomic E-state index is 11.1. The van der Waals surface area contributed by atoms with Crippen molar-refractivity contribution in [2.75, 3.05) is 0 Å². The van der Waals surface area contributed by atoms with E-state index in [4.69, 9.17) is 11.6 Å². The Morgan fingerprint density at radius 1 is 1.42 bits per heavy atom. The summed E-state index contributed by atoms with van der Waals surface area (Å²) in [4.78, 5) is 11.1. The van der Waals surface area contributed by atoms with Gasteiger partial charge < -0.3 is 0 Å². The van der Waals surface area contributed by atoms with E-state index in [-0.39, 0.29) is 11.2 Å². The molecule has 1 nitrogen and oxygen atoms in total. The van der Waals surface area contributed by atoms with E-state index in [0.717, 1.165) is 12.3 Å². The highest BCUT2D eigenvalue weighted by Crippen LogP contribution is 2.61. The summed E-state index contributed by atoms with van der Waals surface area (Å²) in [6, 6.07) is 0. The molecular weight excluding hydrogens is 172 g/mol. The summed E-state index contributed by atoms with van der Waals surface area (Å²) >= 11 is 5.56. The second kappa shape index (κ2) is 2.47. The van der Waals surface area contributed by atoms with E-state index >= 15 is 0 Å². The van der Waals surface area contributed by atoms with Gasteiger partial charge in [-0.05, 0) is 48.1 Å². The molecule has 3 atom stereocenters. The Balaban J connectivity index is 2.16. The molecule has 12 heavy (non-hydrogen) atoms. The molecule has 2 bridgehead atoms. The van der Waals surface area contributed by atoms with Crippen LogP contribution in [0.4, 0.5) is 0 Å². The normalized spacial score (nSPS) is 43.4. The smallest absolute Gasteiger partial charge is 0.225 e. The fraction of sp³-hybridized carbons (Fsp3) is 0.900. The molecule has 3 saturated carbocycles. The SMILES string of the molecule is CC1(C)[C@@H]2CC[C@H](C(=O)Cl)[C@@H]1C2. The highest BCUT2D eigenvalue weighted by Gasteiger charge is 2.55. The van der Waals surface area contributed by atoms with Crippen molar-refractivity contribution in [3.05, 3.63) is 0 Å². The van der Waals surface area contributed by atoms with Crippen LogP contribution in [0.25, 0.3) is 0 Å². The Kier molecular flexibility index (Phi) is 1.76. The van der Waals surface area contributed by atoms with Gasteiger partial charge in [-0.3, -0.25) is 4.79 Å². The fourth-order valence-corrected chi connectivity index (χ4v) is 3.34. The van der Waals surface area contributed by atoms with Gasteiger partial charge in [0.25, 0.3) is 0 Å². The first-order chi connectivity index (χ1) is 5.53. The van der Waals surface area contributed by atoms with Crippen molar-refractivity contribution >= 4 is 16.8 Å². The maximum absolute atomic E-state index is 11.1. The minimum atomic E-state index is -0.105. The molecule has 0 amide bonds. The average molecular weight is 187 g/mol. The molecule has 0 aromatic heterocycles. The summed E-state index contributed by atoms with van der Waals surface area (Å²) < 4.78 is 0. The molecular formula is C10H15ClO. The van der Waals surface area contributed by atoms with Gasteiger partial charge in [0, 0.05) is 5.92 Å². The molecule has 0 aromatic carbocycles. The van der Waals surface area contributed by atoms with E-state index in [0.29, 0.717) is 11.3 Å². The Bertz CT molecular complexity index is 220. The van der Waals surface area contributed by atoms with Crippen LogP contribution in [0.1, 0.15) is 33.1 Å². The number of fused-ring (bicyclic) bond motifs is 2. The quantitative estimate of drug-likeness (QED) is 0.576. The molecule has 2 heteroatoms. The molecule has 0 unspecified atom stereocenters. The van der Waals surface area contributed by atoms with E-state index < -0.39 is 0 Å². The summed E-state index contributed by atoms with van der Waals surface area (Å²) in [5.74, 6) is 1.59. The predicted molar refractivity (Wildman–Crippen MR) is 49.0 cm³/mol. The van der Waals surface area contributed by atoms with Gasteiger partial charge in [-0.1, -0.05) is 13.8 Å². The zero-order valence-corrected chi connectivity index (χ0v) is 8.40. The van der Waals surface area contributed by atoms with E-state index in [2.05, 4.69) is 13.8 Å². The maximum Gasteiger partial charge on any atom is 0.225 e. The van der Waals surface area contributed by atoms with E-state index in [9.17, 15) is 4.79 Å². The average Bonchev–Trinajstić information content (AvgIpc) is 2.04. The molecule has 0 spiro atoms. The lowest BCUT2D eigenvalue weighted by molar-refractivity contribution is -0.138. The minimum absolute atomic E-state index is 0.105. The van der Waals surface area contributed by atoms with Crippen LogP contribution in [-0.4, -0.2) is 5.24 Å². The number of hydrogen-bond donors (Lipinski definition) is 0. The summed E-state index contributed by atoms with van der Waals surface area (Å²) in [5.41, 5.74) is 0.382. The number of halogens is 1. The van der Waals surface area contributed by atoms with Crippen molar-refractivity contribution in [1.82, 2.24) is 0 Å². The molecule has 0 heterocycles. The van der Waals surface area contributed by atoms with Crippen molar-refractivity contribution in [2.45, 2.75) is 33.1 Å². The Hall–Kier alpha value is -0.0400. The molecule has 0 N–H and O–H groups in total. The van der Waals surface area contributed by atoms with Crippen LogP contribution in [0.2, 0.25) is 0 Å². The van der Waals surface area contributed by atoms with Gasteiger partial charge in [0.15, 0.2) is 0 Å². The van der Waals surface area contributed by atoms with E-state index in [1.54, 1.807) is 0 Å². The number of rotatable bonds is 1. The van der Waals surface area contributed by atoms with Crippen LogP contribution in [0.5, 0.6) is 0 Å². The van der Waals surface area contributed by atoms with Gasteiger partial charge in [0.05, 0.1) is 0 Å². The summed E-state index contributed by atoms with van der Waals surface area (Å²) in [6.07, 6.45) is 3.46. The third-order valence-corrected chi connectivity index (χ3v) is 4.43. The van der Waals surface area contributed by atoms with Crippen LogP contribution < -0.4 is 0 Å². The van der Waals surface area contributed by atoms with Crippen LogP contribution in [0.15, 0.2) is 0 Å². The molecule has 0 radical (unpaired) electrons. The van der Waals surface area contributed by atoms with E-state index in [1.807, 2.05) is 0 Å². The molecule has 0 aliphatic heterocycles. The topological polar surface area (TPSA) is 17.1 Å². The van der Waals surface area contributed by atoms with Crippen LogP contribution >= 0.6 is 11.6 Å². The van der Waals surface area contributed by atoms with Crippen molar-refractivity contribution in [3.8, 4) is 0 Å². The van der Waals surface area contributed by atoms with Crippen molar-refractivity contribution in [1.29, 1.82) is 0 Å². The van der Waals surface area contributed by atoms with Gasteiger partial charge in [-0.15, -0.1) is 0 Å². The Morgan fingerprint density at radius 2 is 2.08 bits per heavy atom. The van der Waals surface area contributed by atoms with Crippen LogP contribution in [0.3, 0.4) is 0 Å². The lowest BCUT2D eigenvalue weighted by atomic mass is 9.46. The second-order valence-corrected chi connectivity index (χ2v) is 5.22. The monoisotopic (exact) mass is 186 g/mol. The number of hydrogen-bond acceptors (Lipinski definition) is 1. The predicted octanol–water partition coefficient (Wildman–Crippen LogP) is 2.82. The fourth-order valence-electron chi connectivity index (χ4n) is 3.08. The van der Waals surface area contributed by atoms with Crippen molar-refractivity contribution in [3.63, 3.8) is 0 Å². The van der Waals surface area contributed by atoms with Crippen molar-refractivity contribution < 1.29 is 4.79 Å². The summed E-state index contributed by atoms with van der Waals surface area (Å²) in [6.45, 7) is 4.55. The minimum Gasteiger partial charge on any atom is -0.281 e. The van der Waals surface area contributed by atoms with E-state index in [1.165, 1.54) is 12.8 Å². The number of carbonyl (C=O) groups is 1. The molecule has 3 fully saturated rings. The van der Waals surface area contributed by atoms with Gasteiger partial charge in [0.1, 0.15) is 0 Å². The Morgan fingerprint density at radius 3 is 2.42 bits per heavy atom. The first-order valence-corrected chi connectivity index (χ1v) is 5.10. The largest absolute Gasteiger partial charge is 0.281 e. The van der Waals surface area contributed by atoms with Crippen molar-refractivity contribution in [2.24, 2.45) is 23.2 Å². The lowest BCUT2D eigenvalue weighted by Crippen LogP contribution is -2.53. The summed E-state index contributed by atoms with van der Waals surface area (Å²) in [7, 11) is 0. The second-order valence-electron chi connectivity index (χ2n) is 4.85. The third kappa shape index (κ3) is 0.953. The zero-order valence-electron chi connectivity index (χ0n) is 7.64. The van der Waals surface area contributed by atoms with Crippen LogP contribution in [0, 0.1) is 23.2 Å². The molecule has 0 aromatic rings. The standard InChI is InChI=1S/C10H15ClO/c1-10(2)6-3-4-7(9(11)12)8(10)5-6/h6-8H,3-5H2,1-2H3/t6-,7+,8+/m1/s1. The molecule has 3 rings (SSSR count). The first-order valence-electron chi connectivity index (χ1n) is 4.73. The summed E-state index contributed by atoms with van der Waals surface area (Å²) in [5, 5.41) is -0.105. The Labute approximate surface area is 78.5 Å². The molecule has 0 saturated heterocycles. The van der Waals surface area contributed by atoms with Gasteiger partial charge in [0.2, 0.25) is 5.24 Å².